The van der Waals surface area contributed by atoms with Gasteiger partial charge in [0.1, 0.15) is 17.3 Å². The third kappa shape index (κ3) is 6.61. The predicted molar refractivity (Wildman–Crippen MR) is 85.4 cm³/mol. The molecule has 0 radical (unpaired) electrons. The highest BCUT2D eigenvalue weighted by Gasteiger charge is 2.11. The van der Waals surface area contributed by atoms with Crippen LogP contribution in [0.5, 0.6) is 11.5 Å². The van der Waals surface area contributed by atoms with Crippen LogP contribution < -0.4 is 10.1 Å². The summed E-state index contributed by atoms with van der Waals surface area (Å²) in [5.74, 6) is 0.425. The number of benzene rings is 1. The van der Waals surface area contributed by atoms with E-state index in [4.69, 9.17) is 4.74 Å². The van der Waals surface area contributed by atoms with Gasteiger partial charge in [0.05, 0.1) is 12.7 Å². The highest BCUT2D eigenvalue weighted by molar-refractivity contribution is 5.97. The van der Waals surface area contributed by atoms with Gasteiger partial charge in [0, 0.05) is 13.0 Å². The molecule has 0 saturated carbocycles. The van der Waals surface area contributed by atoms with Gasteiger partial charge in [-0.1, -0.05) is 19.3 Å². The van der Waals surface area contributed by atoms with Gasteiger partial charge in [-0.3, -0.25) is 4.79 Å². The van der Waals surface area contributed by atoms with E-state index in [2.05, 4.69) is 5.32 Å². The van der Waals surface area contributed by atoms with Crippen molar-refractivity contribution in [1.29, 1.82) is 0 Å². The maximum atomic E-state index is 12.0. The highest BCUT2D eigenvalue weighted by Crippen LogP contribution is 2.22. The second kappa shape index (κ2) is 9.82. The Morgan fingerprint density at radius 3 is 2.50 bits per heavy atom. The normalized spacial score (nSPS) is 10.3. The van der Waals surface area contributed by atoms with Crippen LogP contribution in [0.2, 0.25) is 0 Å². The van der Waals surface area contributed by atoms with Crippen LogP contribution in [-0.2, 0) is 4.79 Å². The molecule has 0 aliphatic carbocycles. The van der Waals surface area contributed by atoms with E-state index in [9.17, 15) is 14.7 Å². The Labute approximate surface area is 131 Å². The number of carbonyl (C=O) groups is 2. The van der Waals surface area contributed by atoms with Gasteiger partial charge in [-0.25, -0.2) is 0 Å². The molecule has 1 amide bonds. The lowest BCUT2D eigenvalue weighted by molar-refractivity contribution is -0.117. The molecule has 0 spiro atoms. The summed E-state index contributed by atoms with van der Waals surface area (Å²) in [7, 11) is 1.51. The predicted octanol–water partition coefficient (Wildman–Crippen LogP) is 3.06. The van der Waals surface area contributed by atoms with Crippen molar-refractivity contribution in [2.45, 2.75) is 45.4 Å². The van der Waals surface area contributed by atoms with Crippen LogP contribution in [0.15, 0.2) is 18.2 Å². The van der Waals surface area contributed by atoms with Gasteiger partial charge < -0.3 is 20.0 Å². The number of unbranched alkanes of at least 4 members (excludes halogenated alkanes) is 4. The lowest BCUT2D eigenvalue weighted by Gasteiger charge is -2.08. The molecule has 1 aromatic carbocycles. The summed E-state index contributed by atoms with van der Waals surface area (Å²) in [6.07, 6.45) is 5.61. The SMILES string of the molecule is COc1ccc(O)c(C(=O)NCCCCCCCC(C)=O)c1. The third-order valence-electron chi connectivity index (χ3n) is 3.44. The molecule has 22 heavy (non-hydrogen) atoms. The molecule has 0 aliphatic heterocycles. The first-order valence-electron chi connectivity index (χ1n) is 7.69. The first-order valence-corrected chi connectivity index (χ1v) is 7.69. The van der Waals surface area contributed by atoms with Gasteiger partial charge >= 0.3 is 0 Å². The average Bonchev–Trinajstić information content (AvgIpc) is 2.49. The van der Waals surface area contributed by atoms with Crippen molar-refractivity contribution in [3.05, 3.63) is 23.8 Å². The van der Waals surface area contributed by atoms with E-state index in [-0.39, 0.29) is 23.0 Å². The summed E-state index contributed by atoms with van der Waals surface area (Å²) < 4.78 is 5.04. The number of aromatic hydroxyl groups is 1. The Bertz CT molecular complexity index is 499. The molecule has 122 valence electrons. The number of phenolic OH excluding ortho intramolecular Hbond substituents is 1. The number of rotatable bonds is 10. The number of phenols is 1. The summed E-state index contributed by atoms with van der Waals surface area (Å²) in [5, 5.41) is 12.5. The molecular formula is C17H25NO4. The number of Topliss-reactive ketones (excluding diaryl/α,β-unsaturated/α-hetero) is 1. The van der Waals surface area contributed by atoms with Gasteiger partial charge in [0.2, 0.25) is 0 Å². The Morgan fingerprint density at radius 2 is 1.82 bits per heavy atom. The molecule has 0 bridgehead atoms. The van der Waals surface area contributed by atoms with E-state index >= 15 is 0 Å². The van der Waals surface area contributed by atoms with Crippen molar-refractivity contribution in [2.24, 2.45) is 0 Å². The van der Waals surface area contributed by atoms with Crippen molar-refractivity contribution in [1.82, 2.24) is 5.32 Å². The minimum absolute atomic E-state index is 0.0532. The van der Waals surface area contributed by atoms with Crippen molar-refractivity contribution in [3.63, 3.8) is 0 Å². The molecule has 0 heterocycles. The standard InChI is InChI=1S/C17H25NO4/c1-13(19)8-6-4-3-5-7-11-18-17(21)15-12-14(22-2)9-10-16(15)20/h9-10,12,20H,3-8,11H2,1-2H3,(H,18,21). The van der Waals surface area contributed by atoms with E-state index in [1.807, 2.05) is 0 Å². The summed E-state index contributed by atoms with van der Waals surface area (Å²) in [4.78, 5) is 22.8. The number of ether oxygens (including phenoxy) is 1. The van der Waals surface area contributed by atoms with Gasteiger partial charge in [0.15, 0.2) is 0 Å². The van der Waals surface area contributed by atoms with Crippen LogP contribution >= 0.6 is 0 Å². The van der Waals surface area contributed by atoms with Gasteiger partial charge in [-0.15, -0.1) is 0 Å². The minimum atomic E-state index is -0.298. The van der Waals surface area contributed by atoms with E-state index in [0.717, 1.165) is 32.1 Å². The zero-order valence-corrected chi connectivity index (χ0v) is 13.4. The number of nitrogens with one attached hydrogen (secondary N) is 1. The Balaban J connectivity index is 2.22. The van der Waals surface area contributed by atoms with Gasteiger partial charge in [-0.05, 0) is 38.0 Å². The molecule has 0 aliphatic rings. The highest BCUT2D eigenvalue weighted by atomic mass is 16.5. The quantitative estimate of drug-likeness (QED) is 0.651. The fraction of sp³-hybridized carbons (Fsp3) is 0.529. The maximum Gasteiger partial charge on any atom is 0.255 e. The number of hydrogen-bond acceptors (Lipinski definition) is 4. The van der Waals surface area contributed by atoms with Crippen LogP contribution in [0, 0.1) is 0 Å². The zero-order chi connectivity index (χ0) is 16.4. The molecule has 0 atom stereocenters. The second-order valence-corrected chi connectivity index (χ2v) is 5.36. The first-order chi connectivity index (χ1) is 10.5. The van der Waals surface area contributed by atoms with Crippen LogP contribution in [-0.4, -0.2) is 30.5 Å². The number of hydrogen-bond donors (Lipinski definition) is 2. The van der Waals surface area contributed by atoms with Crippen LogP contribution in [0.25, 0.3) is 0 Å². The largest absolute Gasteiger partial charge is 0.507 e. The van der Waals surface area contributed by atoms with E-state index in [1.165, 1.54) is 19.2 Å². The summed E-state index contributed by atoms with van der Waals surface area (Å²) in [5.41, 5.74) is 0.223. The molecule has 0 aromatic heterocycles. The van der Waals surface area contributed by atoms with Crippen LogP contribution in [0.1, 0.15) is 55.8 Å². The summed E-state index contributed by atoms with van der Waals surface area (Å²) in [6, 6.07) is 4.57. The lowest BCUT2D eigenvalue weighted by Crippen LogP contribution is -2.24. The Hall–Kier alpha value is -2.04. The minimum Gasteiger partial charge on any atom is -0.507 e. The number of amides is 1. The van der Waals surface area contributed by atoms with Crippen molar-refractivity contribution in [3.8, 4) is 11.5 Å². The second-order valence-electron chi connectivity index (χ2n) is 5.36. The third-order valence-corrected chi connectivity index (χ3v) is 3.44. The van der Waals surface area contributed by atoms with Crippen molar-refractivity contribution < 1.29 is 19.4 Å². The number of methoxy groups -OCH3 is 1. The van der Waals surface area contributed by atoms with E-state index < -0.39 is 0 Å². The smallest absolute Gasteiger partial charge is 0.255 e. The Morgan fingerprint density at radius 1 is 1.14 bits per heavy atom. The monoisotopic (exact) mass is 307 g/mol. The maximum absolute atomic E-state index is 12.0. The van der Waals surface area contributed by atoms with Gasteiger partial charge in [-0.2, -0.15) is 0 Å². The van der Waals surface area contributed by atoms with E-state index in [1.54, 1.807) is 13.0 Å². The average molecular weight is 307 g/mol. The van der Waals surface area contributed by atoms with Crippen LogP contribution in [0.3, 0.4) is 0 Å². The molecule has 5 nitrogen and oxygen atoms in total. The fourth-order valence-electron chi connectivity index (χ4n) is 2.15. The topological polar surface area (TPSA) is 75.6 Å². The molecule has 0 unspecified atom stereocenters. The van der Waals surface area contributed by atoms with Crippen molar-refractivity contribution in [2.75, 3.05) is 13.7 Å². The lowest BCUT2D eigenvalue weighted by atomic mass is 10.1. The molecular weight excluding hydrogens is 282 g/mol. The van der Waals surface area contributed by atoms with Crippen molar-refractivity contribution >= 4 is 11.7 Å². The van der Waals surface area contributed by atoms with Crippen LogP contribution in [0.4, 0.5) is 0 Å². The number of ketones is 1. The molecule has 0 fully saturated rings. The van der Waals surface area contributed by atoms with E-state index in [0.29, 0.717) is 18.7 Å². The molecule has 5 heteroatoms. The first kappa shape index (κ1) is 18.0. The summed E-state index contributed by atoms with van der Waals surface area (Å²) in [6.45, 7) is 2.19. The molecule has 2 N–H and O–H groups in total. The zero-order valence-electron chi connectivity index (χ0n) is 13.4. The molecule has 0 saturated heterocycles. The number of carbonyl (C=O) groups excluding carboxylic acids is 2. The summed E-state index contributed by atoms with van der Waals surface area (Å²) >= 11 is 0. The Kier molecular flexibility index (Phi) is 8.04. The fourth-order valence-corrected chi connectivity index (χ4v) is 2.15. The van der Waals surface area contributed by atoms with Gasteiger partial charge in [0.25, 0.3) is 5.91 Å². The molecule has 1 rings (SSSR count). The molecule has 1 aromatic rings.